The first-order chi connectivity index (χ1) is 15.2. The summed E-state index contributed by atoms with van der Waals surface area (Å²) in [4.78, 5) is 21.5. The molecular weight excluding hydrogens is 386 g/mol. The Hall–Kier alpha value is -2.08. The average molecular weight is 428 g/mol. The van der Waals surface area contributed by atoms with Gasteiger partial charge in [0.1, 0.15) is 0 Å². The van der Waals surface area contributed by atoms with Crippen LogP contribution >= 0.6 is 0 Å². The number of hydrogen-bond acceptors (Lipinski definition) is 3. The quantitative estimate of drug-likeness (QED) is 0.445. The molecule has 2 aliphatic rings. The van der Waals surface area contributed by atoms with E-state index in [9.17, 15) is 4.79 Å². The number of nitrogens with one attached hydrogen (secondary N) is 2. The summed E-state index contributed by atoms with van der Waals surface area (Å²) >= 11 is 0. The molecule has 6 heteroatoms. The number of benzene rings is 1. The molecule has 1 aromatic rings. The van der Waals surface area contributed by atoms with E-state index < -0.39 is 0 Å². The largest absolute Gasteiger partial charge is 0.356 e. The Kier molecular flexibility index (Phi) is 9.66. The highest BCUT2D eigenvalue weighted by atomic mass is 16.2. The lowest BCUT2D eigenvalue weighted by Crippen LogP contribution is -2.49. The number of rotatable bonds is 10. The molecule has 2 aliphatic heterocycles. The first-order valence-electron chi connectivity index (χ1n) is 12.2. The maximum Gasteiger partial charge on any atom is 0.223 e. The van der Waals surface area contributed by atoms with Gasteiger partial charge in [0.05, 0.1) is 0 Å². The Bertz CT molecular complexity index is 692. The summed E-state index contributed by atoms with van der Waals surface area (Å²) in [6.45, 7) is 8.07. The van der Waals surface area contributed by atoms with E-state index >= 15 is 0 Å². The molecule has 0 saturated carbocycles. The smallest absolute Gasteiger partial charge is 0.223 e. The number of carbonyl (C=O) groups excluding carboxylic acids is 1. The fourth-order valence-corrected chi connectivity index (χ4v) is 4.74. The second-order valence-corrected chi connectivity index (χ2v) is 9.02. The van der Waals surface area contributed by atoms with Crippen LogP contribution < -0.4 is 10.6 Å². The Morgan fingerprint density at radius 1 is 1.13 bits per heavy atom. The molecule has 6 nitrogen and oxygen atoms in total. The van der Waals surface area contributed by atoms with Crippen molar-refractivity contribution >= 4 is 11.9 Å². The first-order valence-corrected chi connectivity index (χ1v) is 12.2. The predicted octanol–water partition coefficient (Wildman–Crippen LogP) is 2.90. The molecule has 1 aromatic carbocycles. The fourth-order valence-electron chi connectivity index (χ4n) is 4.74. The van der Waals surface area contributed by atoms with Crippen molar-refractivity contribution in [2.24, 2.45) is 10.9 Å². The SMILES string of the molecule is CCCCN1CCCCC1CNC(=NC)NCC1CC(=O)N(CCc2ccccc2)C1. The summed E-state index contributed by atoms with van der Waals surface area (Å²) in [7, 11) is 1.83. The summed E-state index contributed by atoms with van der Waals surface area (Å²) < 4.78 is 0. The van der Waals surface area contributed by atoms with Gasteiger partial charge < -0.3 is 15.5 Å². The highest BCUT2D eigenvalue weighted by Gasteiger charge is 2.29. The van der Waals surface area contributed by atoms with Crippen LogP contribution in [0.25, 0.3) is 0 Å². The number of likely N-dealkylation sites (tertiary alicyclic amines) is 2. The van der Waals surface area contributed by atoms with Gasteiger partial charge in [-0.3, -0.25) is 14.7 Å². The van der Waals surface area contributed by atoms with Gasteiger partial charge in [-0.2, -0.15) is 0 Å². The highest BCUT2D eigenvalue weighted by molar-refractivity contribution is 5.80. The fraction of sp³-hybridized carbons (Fsp3) is 0.680. The normalized spacial score (nSPS) is 22.7. The van der Waals surface area contributed by atoms with Crippen molar-refractivity contribution in [2.75, 3.05) is 46.3 Å². The molecule has 3 rings (SSSR count). The number of hydrogen-bond donors (Lipinski definition) is 2. The van der Waals surface area contributed by atoms with Crippen LogP contribution in [0.3, 0.4) is 0 Å². The van der Waals surface area contributed by atoms with E-state index in [0.717, 1.165) is 38.6 Å². The third-order valence-corrected chi connectivity index (χ3v) is 6.64. The van der Waals surface area contributed by atoms with Crippen molar-refractivity contribution in [3.63, 3.8) is 0 Å². The molecular formula is C25H41N5O. The lowest BCUT2D eigenvalue weighted by molar-refractivity contribution is -0.127. The van der Waals surface area contributed by atoms with Crippen molar-refractivity contribution in [3.8, 4) is 0 Å². The Labute approximate surface area is 188 Å². The van der Waals surface area contributed by atoms with Crippen LogP contribution in [0.15, 0.2) is 35.3 Å². The molecule has 2 saturated heterocycles. The molecule has 0 radical (unpaired) electrons. The third kappa shape index (κ3) is 7.53. The molecule has 2 atom stereocenters. The minimum absolute atomic E-state index is 0.277. The summed E-state index contributed by atoms with van der Waals surface area (Å²) in [5.41, 5.74) is 1.29. The van der Waals surface area contributed by atoms with Crippen molar-refractivity contribution in [2.45, 2.75) is 57.9 Å². The Morgan fingerprint density at radius 2 is 1.94 bits per heavy atom. The number of amides is 1. The lowest BCUT2D eigenvalue weighted by Gasteiger charge is -2.36. The molecule has 0 aromatic heterocycles. The lowest BCUT2D eigenvalue weighted by atomic mass is 10.0. The molecule has 172 valence electrons. The molecule has 2 heterocycles. The van der Waals surface area contributed by atoms with Gasteiger partial charge in [0.2, 0.25) is 5.91 Å². The summed E-state index contributed by atoms with van der Waals surface area (Å²) in [6.07, 6.45) is 8.00. The van der Waals surface area contributed by atoms with Crippen molar-refractivity contribution < 1.29 is 4.79 Å². The minimum Gasteiger partial charge on any atom is -0.356 e. The van der Waals surface area contributed by atoms with Gasteiger partial charge in [0.15, 0.2) is 5.96 Å². The van der Waals surface area contributed by atoms with Gasteiger partial charge in [-0.25, -0.2) is 0 Å². The van der Waals surface area contributed by atoms with E-state index in [1.54, 1.807) is 0 Å². The number of aliphatic imine (C=N–C) groups is 1. The Balaban J connectivity index is 1.38. The molecule has 2 unspecified atom stereocenters. The zero-order chi connectivity index (χ0) is 21.9. The second-order valence-electron chi connectivity index (χ2n) is 9.02. The van der Waals surface area contributed by atoms with Crippen LogP contribution in [-0.2, 0) is 11.2 Å². The second kappa shape index (κ2) is 12.7. The molecule has 31 heavy (non-hydrogen) atoms. The molecule has 0 aliphatic carbocycles. The van der Waals surface area contributed by atoms with Crippen molar-refractivity contribution in [1.29, 1.82) is 0 Å². The number of guanidine groups is 1. The van der Waals surface area contributed by atoms with Crippen LogP contribution in [0.4, 0.5) is 0 Å². The van der Waals surface area contributed by atoms with Crippen LogP contribution in [0.5, 0.6) is 0 Å². The minimum atomic E-state index is 0.277. The van der Waals surface area contributed by atoms with Crippen molar-refractivity contribution in [1.82, 2.24) is 20.4 Å². The van der Waals surface area contributed by atoms with Gasteiger partial charge in [0, 0.05) is 51.6 Å². The standard InChI is InChI=1S/C25H41N5O/c1-3-4-14-29-15-9-8-12-23(29)19-28-25(26-2)27-18-22-17-24(31)30(20-22)16-13-21-10-6-5-7-11-21/h5-7,10-11,22-23H,3-4,8-9,12-20H2,1-2H3,(H2,26,27,28). The van der Waals surface area contributed by atoms with Gasteiger partial charge >= 0.3 is 0 Å². The van der Waals surface area contributed by atoms with Crippen LogP contribution in [0.1, 0.15) is 51.0 Å². The predicted molar refractivity (Wildman–Crippen MR) is 128 cm³/mol. The van der Waals surface area contributed by atoms with Crippen LogP contribution in [0.2, 0.25) is 0 Å². The highest BCUT2D eigenvalue weighted by Crippen LogP contribution is 2.18. The monoisotopic (exact) mass is 427 g/mol. The van der Waals surface area contributed by atoms with E-state index in [4.69, 9.17) is 0 Å². The summed E-state index contributed by atoms with van der Waals surface area (Å²) in [5.74, 6) is 1.48. The maximum atomic E-state index is 12.4. The maximum absolute atomic E-state index is 12.4. The zero-order valence-electron chi connectivity index (χ0n) is 19.5. The van der Waals surface area contributed by atoms with Gasteiger partial charge in [-0.15, -0.1) is 0 Å². The van der Waals surface area contributed by atoms with Gasteiger partial charge in [0.25, 0.3) is 0 Å². The van der Waals surface area contributed by atoms with E-state index in [1.165, 1.54) is 50.8 Å². The Morgan fingerprint density at radius 3 is 2.71 bits per heavy atom. The number of piperidine rings is 1. The number of carbonyl (C=O) groups is 1. The summed E-state index contributed by atoms with van der Waals surface area (Å²) in [5, 5.41) is 7.00. The molecule has 2 fully saturated rings. The van der Waals surface area contributed by atoms with Gasteiger partial charge in [-0.05, 0) is 44.3 Å². The molecule has 0 spiro atoms. The van der Waals surface area contributed by atoms with E-state index in [1.807, 2.05) is 18.0 Å². The first kappa shape index (κ1) is 23.6. The van der Waals surface area contributed by atoms with Crippen LogP contribution in [-0.4, -0.2) is 74.0 Å². The summed E-state index contributed by atoms with van der Waals surface area (Å²) in [6, 6.07) is 11.0. The molecule has 0 bridgehead atoms. The van der Waals surface area contributed by atoms with Crippen molar-refractivity contribution in [3.05, 3.63) is 35.9 Å². The average Bonchev–Trinajstić information content (AvgIpc) is 3.17. The molecule has 2 N–H and O–H groups in total. The van der Waals surface area contributed by atoms with E-state index in [0.29, 0.717) is 18.4 Å². The molecule has 1 amide bonds. The number of nitrogens with zero attached hydrogens (tertiary/aromatic N) is 3. The van der Waals surface area contributed by atoms with Gasteiger partial charge in [-0.1, -0.05) is 50.1 Å². The third-order valence-electron chi connectivity index (χ3n) is 6.64. The van der Waals surface area contributed by atoms with E-state index in [-0.39, 0.29) is 5.91 Å². The van der Waals surface area contributed by atoms with Crippen LogP contribution in [0, 0.1) is 5.92 Å². The van der Waals surface area contributed by atoms with E-state index in [2.05, 4.69) is 51.7 Å². The topological polar surface area (TPSA) is 60.0 Å². The number of unbranched alkanes of at least 4 members (excludes halogenated alkanes) is 1. The zero-order valence-corrected chi connectivity index (χ0v) is 19.5.